The van der Waals surface area contributed by atoms with Gasteiger partial charge in [-0.3, -0.25) is 14.9 Å². The number of fused-ring (bicyclic) bond motifs is 2. The van der Waals surface area contributed by atoms with Crippen LogP contribution in [-0.4, -0.2) is 83.2 Å². The summed E-state index contributed by atoms with van der Waals surface area (Å²) in [7, 11) is 1.86. The van der Waals surface area contributed by atoms with Crippen molar-refractivity contribution >= 4 is 17.3 Å². The zero-order chi connectivity index (χ0) is 45.3. The second kappa shape index (κ2) is 24.8. The van der Waals surface area contributed by atoms with E-state index in [4.69, 9.17) is 28.9 Å². The summed E-state index contributed by atoms with van der Waals surface area (Å²) in [5.74, 6) is -0.501. The Bertz CT molecular complexity index is 1880. The number of nitro groups is 1. The third-order valence-electron chi connectivity index (χ3n) is 13.7. The molecule has 13 nitrogen and oxygen atoms in total. The van der Waals surface area contributed by atoms with E-state index in [1.165, 1.54) is 50.7 Å². The molecule has 352 valence electrons. The van der Waals surface area contributed by atoms with Gasteiger partial charge in [-0.2, -0.15) is 0 Å². The number of aliphatic hydroxyl groups is 2. The highest BCUT2D eigenvalue weighted by Crippen LogP contribution is 2.62. The van der Waals surface area contributed by atoms with Crippen LogP contribution in [0.5, 0.6) is 17.2 Å². The Hall–Kier alpha value is -4.30. The van der Waals surface area contributed by atoms with Gasteiger partial charge in [0.05, 0.1) is 35.8 Å². The standard InChI is InChI=1S/C51H73N3O10/c1-4-6-7-8-9-10-11-12-13-25-47(57)53(3)46-36-44(52-64-48-26-16-19-32-60-48)42-33-37(21-14-17-29-55)41(24-15-18-30-56)49-43-35-40(62-39-23-20-22-38(34-39)54(58)59)27-28-45(43)63-51(46,50(42)49)61-31-5-2/h5,20,22-23,27-28,33-35,37,41,46,48-50,55-56H,2,4,6-19,21,24-26,29-32,36H2,1,3H3/t37-,41+,46-,48?,49+,50+,51+/m0/s1. The number of nitro benzene ring substituents is 1. The first-order chi connectivity index (χ1) is 31.2. The van der Waals surface area contributed by atoms with Gasteiger partial charge in [-0.15, -0.1) is 6.58 Å². The number of carbonyl (C=O) groups excluding carboxylic acids is 1. The number of allylic oxidation sites excluding steroid dienone is 1. The van der Waals surface area contributed by atoms with Crippen LogP contribution in [0.1, 0.15) is 147 Å². The number of hydrogen-bond acceptors (Lipinski definition) is 11. The van der Waals surface area contributed by atoms with E-state index in [-0.39, 0.29) is 49.2 Å². The molecule has 0 aromatic heterocycles. The van der Waals surface area contributed by atoms with Crippen LogP contribution in [-0.2, 0) is 19.1 Å². The van der Waals surface area contributed by atoms with Crippen molar-refractivity contribution in [3.8, 4) is 17.2 Å². The maximum absolute atomic E-state index is 14.5. The van der Waals surface area contributed by atoms with Crippen molar-refractivity contribution in [3.05, 3.63) is 82.4 Å². The molecule has 1 unspecified atom stereocenters. The molecule has 4 aliphatic rings. The molecule has 1 saturated heterocycles. The number of oxime groups is 1. The lowest BCUT2D eigenvalue weighted by Crippen LogP contribution is -2.69. The van der Waals surface area contributed by atoms with Crippen molar-refractivity contribution in [1.29, 1.82) is 0 Å². The van der Waals surface area contributed by atoms with Gasteiger partial charge in [-0.1, -0.05) is 94.5 Å². The first kappa shape index (κ1) is 49.1. The minimum absolute atomic E-state index is 0.0154. The van der Waals surface area contributed by atoms with Crippen molar-refractivity contribution in [2.24, 2.45) is 22.9 Å². The van der Waals surface area contributed by atoms with E-state index in [1.54, 1.807) is 24.3 Å². The molecule has 0 bridgehead atoms. The molecular formula is C51H73N3O10. The molecule has 64 heavy (non-hydrogen) atoms. The molecule has 2 heterocycles. The van der Waals surface area contributed by atoms with E-state index in [0.29, 0.717) is 49.5 Å². The van der Waals surface area contributed by atoms with Crippen LogP contribution >= 0.6 is 0 Å². The Labute approximate surface area is 380 Å². The summed E-state index contributed by atoms with van der Waals surface area (Å²) in [6.45, 7) is 7.22. The van der Waals surface area contributed by atoms with Gasteiger partial charge in [-0.25, -0.2) is 0 Å². The van der Waals surface area contributed by atoms with Crippen LogP contribution in [0.25, 0.3) is 0 Å². The Morgan fingerprint density at radius 3 is 2.41 bits per heavy atom. The normalized spacial score (nSPS) is 25.4. The van der Waals surface area contributed by atoms with Crippen molar-refractivity contribution in [2.45, 2.75) is 159 Å². The van der Waals surface area contributed by atoms with Crippen molar-refractivity contribution in [3.63, 3.8) is 0 Å². The highest BCUT2D eigenvalue weighted by molar-refractivity contribution is 6.03. The van der Waals surface area contributed by atoms with Gasteiger partial charge in [0.1, 0.15) is 23.3 Å². The van der Waals surface area contributed by atoms with E-state index < -0.39 is 29.0 Å². The van der Waals surface area contributed by atoms with Crippen molar-refractivity contribution < 1.29 is 43.7 Å². The van der Waals surface area contributed by atoms with Gasteiger partial charge in [-0.05, 0) is 86.6 Å². The number of carbonyl (C=O) groups is 1. The van der Waals surface area contributed by atoms with Gasteiger partial charge >= 0.3 is 0 Å². The van der Waals surface area contributed by atoms with Crippen LogP contribution < -0.4 is 9.47 Å². The van der Waals surface area contributed by atoms with E-state index in [2.05, 4.69) is 19.6 Å². The lowest BCUT2D eigenvalue weighted by molar-refractivity contribution is -0.384. The van der Waals surface area contributed by atoms with Gasteiger partial charge in [0.25, 0.3) is 5.69 Å². The monoisotopic (exact) mass is 888 g/mol. The molecule has 7 atom stereocenters. The lowest BCUT2D eigenvalue weighted by Gasteiger charge is -2.59. The zero-order valence-electron chi connectivity index (χ0n) is 38.3. The SMILES string of the molecule is C=CCO[C@@]12Oc3ccc(Oc4cccc([N+](=O)[O-])c4)cc3[C@H]3[C@H](CCCCO)[C@@H](CCCCO)C=C(C(=NOC4CCCCO4)C[C@@H]1N(C)C(=O)CCCCCCCCCCC)[C@H]32. The largest absolute Gasteiger partial charge is 0.459 e. The minimum atomic E-state index is -1.35. The molecule has 2 aliphatic heterocycles. The van der Waals surface area contributed by atoms with Crippen LogP contribution in [0.4, 0.5) is 5.69 Å². The molecular weight excluding hydrogens is 815 g/mol. The molecule has 2 N–H and O–H groups in total. The number of nitrogens with zero attached hydrogens (tertiary/aromatic N) is 3. The first-order valence-electron chi connectivity index (χ1n) is 24.3. The molecule has 0 spiro atoms. The molecule has 2 aliphatic carbocycles. The Morgan fingerprint density at radius 1 is 0.969 bits per heavy atom. The fraction of sp³-hybridized carbons (Fsp3) is 0.647. The van der Waals surface area contributed by atoms with Gasteiger partial charge in [0.15, 0.2) is 0 Å². The highest BCUT2D eigenvalue weighted by Gasteiger charge is 2.65. The van der Waals surface area contributed by atoms with E-state index >= 15 is 0 Å². The fourth-order valence-electron chi connectivity index (χ4n) is 10.4. The minimum Gasteiger partial charge on any atom is -0.459 e. The van der Waals surface area contributed by atoms with E-state index in [0.717, 1.165) is 81.1 Å². The Morgan fingerprint density at radius 2 is 1.70 bits per heavy atom. The molecule has 6 rings (SSSR count). The smallest absolute Gasteiger partial charge is 0.273 e. The van der Waals surface area contributed by atoms with Crippen LogP contribution in [0.2, 0.25) is 0 Å². The molecule has 2 fully saturated rings. The average Bonchev–Trinajstić information content (AvgIpc) is 3.31. The number of rotatable bonds is 27. The number of hydrogen-bond donors (Lipinski definition) is 2. The summed E-state index contributed by atoms with van der Waals surface area (Å²) < 4.78 is 26.7. The van der Waals surface area contributed by atoms with Crippen LogP contribution in [0, 0.1) is 27.9 Å². The summed E-state index contributed by atoms with van der Waals surface area (Å²) in [6, 6.07) is 11.2. The van der Waals surface area contributed by atoms with Gasteiger partial charge < -0.3 is 38.9 Å². The van der Waals surface area contributed by atoms with Gasteiger partial charge in [0, 0.05) is 57.1 Å². The maximum Gasteiger partial charge on any atom is 0.273 e. The molecule has 1 amide bonds. The number of amides is 1. The third kappa shape index (κ3) is 12.3. The van der Waals surface area contributed by atoms with Crippen LogP contribution in [0.15, 0.2) is 71.9 Å². The summed E-state index contributed by atoms with van der Waals surface area (Å²) in [5, 5.41) is 36.5. The summed E-state index contributed by atoms with van der Waals surface area (Å²) in [4.78, 5) is 33.7. The first-order valence-corrected chi connectivity index (χ1v) is 24.3. The molecule has 0 radical (unpaired) electrons. The Kier molecular flexibility index (Phi) is 19.1. The maximum atomic E-state index is 14.5. The molecule has 13 heteroatoms. The summed E-state index contributed by atoms with van der Waals surface area (Å²) in [5.41, 5.74) is 2.51. The lowest BCUT2D eigenvalue weighted by atomic mass is 9.55. The summed E-state index contributed by atoms with van der Waals surface area (Å²) >= 11 is 0. The molecule has 2 aromatic rings. The predicted octanol–water partition coefficient (Wildman–Crippen LogP) is 10.9. The number of benzene rings is 2. The zero-order valence-corrected chi connectivity index (χ0v) is 38.3. The second-order valence-electron chi connectivity index (χ2n) is 18.1. The second-order valence-corrected chi connectivity index (χ2v) is 18.1. The number of ether oxygens (including phenoxy) is 4. The predicted molar refractivity (Wildman–Crippen MR) is 247 cm³/mol. The van der Waals surface area contributed by atoms with Crippen molar-refractivity contribution in [2.75, 3.05) is 33.5 Å². The molecule has 2 aromatic carbocycles. The summed E-state index contributed by atoms with van der Waals surface area (Å²) in [6.07, 6.45) is 21.9. The van der Waals surface area contributed by atoms with E-state index in [1.807, 2.05) is 24.1 Å². The topological polar surface area (TPSA) is 162 Å². The number of aliphatic hydroxyl groups excluding tert-OH is 2. The van der Waals surface area contributed by atoms with Crippen LogP contribution in [0.3, 0.4) is 0 Å². The van der Waals surface area contributed by atoms with E-state index in [9.17, 15) is 25.1 Å². The number of likely N-dealkylation sites (N-methyl/N-ethyl adjacent to an activating group) is 1. The highest BCUT2D eigenvalue weighted by atomic mass is 16.8. The quantitative estimate of drug-likeness (QED) is 0.0382. The average molecular weight is 888 g/mol. The number of unbranched alkanes of at least 4 members (excludes halogenated alkanes) is 10. The van der Waals surface area contributed by atoms with Crippen molar-refractivity contribution in [1.82, 2.24) is 4.90 Å². The fourth-order valence-corrected chi connectivity index (χ4v) is 10.4. The molecule has 1 saturated carbocycles. The van der Waals surface area contributed by atoms with Gasteiger partial charge in [0.2, 0.25) is 18.0 Å². The number of non-ortho nitro benzene ring substituents is 1. The Balaban J connectivity index is 1.44. The third-order valence-corrected chi connectivity index (χ3v) is 13.7.